The molecule has 0 bridgehead atoms. The standard InChI is InChI=1S/C19H24FN/c1-4-11-21-19(13-16-8-5-14(2)6-9-16)17-12-15(3)7-10-18(17)20/h5-10,12,19,21H,4,11,13H2,1-3H3. The van der Waals surface area contributed by atoms with Crippen LogP contribution in [0.4, 0.5) is 4.39 Å². The van der Waals surface area contributed by atoms with Crippen LogP contribution in [0.25, 0.3) is 0 Å². The molecule has 21 heavy (non-hydrogen) atoms. The van der Waals surface area contributed by atoms with E-state index in [0.29, 0.717) is 0 Å². The van der Waals surface area contributed by atoms with Crippen molar-refractivity contribution in [2.75, 3.05) is 6.54 Å². The highest BCUT2D eigenvalue weighted by atomic mass is 19.1. The second-order valence-electron chi connectivity index (χ2n) is 5.72. The van der Waals surface area contributed by atoms with Crippen molar-refractivity contribution in [1.29, 1.82) is 0 Å². The molecule has 0 aromatic heterocycles. The number of hydrogen-bond donors (Lipinski definition) is 1. The molecule has 2 aromatic rings. The lowest BCUT2D eigenvalue weighted by atomic mass is 9.96. The third-order valence-electron chi connectivity index (χ3n) is 3.73. The third kappa shape index (κ3) is 4.40. The quantitative estimate of drug-likeness (QED) is 0.809. The third-order valence-corrected chi connectivity index (χ3v) is 3.73. The number of nitrogens with one attached hydrogen (secondary N) is 1. The first-order valence-electron chi connectivity index (χ1n) is 7.65. The van der Waals surface area contributed by atoms with Crippen molar-refractivity contribution in [1.82, 2.24) is 5.32 Å². The number of hydrogen-bond acceptors (Lipinski definition) is 1. The van der Waals surface area contributed by atoms with Crippen LogP contribution >= 0.6 is 0 Å². The lowest BCUT2D eigenvalue weighted by Gasteiger charge is -2.20. The Labute approximate surface area is 127 Å². The predicted octanol–water partition coefficient (Wildman–Crippen LogP) is 4.73. The average Bonchev–Trinajstić information content (AvgIpc) is 2.48. The molecule has 0 heterocycles. The van der Waals surface area contributed by atoms with E-state index in [0.717, 1.165) is 30.5 Å². The Kier molecular flexibility index (Phi) is 5.51. The highest BCUT2D eigenvalue weighted by Gasteiger charge is 2.16. The number of benzene rings is 2. The van der Waals surface area contributed by atoms with Gasteiger partial charge in [0.2, 0.25) is 0 Å². The van der Waals surface area contributed by atoms with E-state index in [2.05, 4.69) is 43.4 Å². The molecule has 0 aliphatic rings. The zero-order chi connectivity index (χ0) is 15.2. The Morgan fingerprint density at radius 1 is 1.00 bits per heavy atom. The predicted molar refractivity (Wildman–Crippen MR) is 87.1 cm³/mol. The van der Waals surface area contributed by atoms with Gasteiger partial charge in [0.15, 0.2) is 0 Å². The molecule has 1 unspecified atom stereocenters. The van der Waals surface area contributed by atoms with Crippen molar-refractivity contribution in [2.24, 2.45) is 0 Å². The van der Waals surface area contributed by atoms with E-state index < -0.39 is 0 Å². The number of aryl methyl sites for hydroxylation is 2. The van der Waals surface area contributed by atoms with E-state index in [4.69, 9.17) is 0 Å². The number of rotatable bonds is 6. The summed E-state index contributed by atoms with van der Waals surface area (Å²) >= 11 is 0. The van der Waals surface area contributed by atoms with Crippen LogP contribution in [0.5, 0.6) is 0 Å². The minimum atomic E-state index is -0.124. The summed E-state index contributed by atoms with van der Waals surface area (Å²) in [5, 5.41) is 3.48. The smallest absolute Gasteiger partial charge is 0.128 e. The molecule has 0 saturated heterocycles. The Morgan fingerprint density at radius 3 is 2.33 bits per heavy atom. The molecule has 0 radical (unpaired) electrons. The maximum absolute atomic E-state index is 14.2. The zero-order valence-corrected chi connectivity index (χ0v) is 13.1. The molecule has 1 atom stereocenters. The van der Waals surface area contributed by atoms with Crippen molar-refractivity contribution in [3.05, 3.63) is 70.5 Å². The lowest BCUT2D eigenvalue weighted by molar-refractivity contribution is 0.496. The molecule has 2 aromatic carbocycles. The molecule has 0 amide bonds. The average molecular weight is 285 g/mol. The summed E-state index contributed by atoms with van der Waals surface area (Å²) in [5.41, 5.74) is 4.34. The molecular weight excluding hydrogens is 261 g/mol. The highest BCUT2D eigenvalue weighted by Crippen LogP contribution is 2.23. The van der Waals surface area contributed by atoms with Crippen LogP contribution in [0, 0.1) is 19.7 Å². The van der Waals surface area contributed by atoms with E-state index in [1.54, 1.807) is 6.07 Å². The monoisotopic (exact) mass is 285 g/mol. The minimum Gasteiger partial charge on any atom is -0.310 e. The van der Waals surface area contributed by atoms with Gasteiger partial charge < -0.3 is 5.32 Å². The summed E-state index contributed by atoms with van der Waals surface area (Å²) in [6.07, 6.45) is 1.85. The maximum Gasteiger partial charge on any atom is 0.128 e. The van der Waals surface area contributed by atoms with E-state index in [9.17, 15) is 4.39 Å². The van der Waals surface area contributed by atoms with Gasteiger partial charge in [-0.15, -0.1) is 0 Å². The molecule has 2 rings (SSSR count). The topological polar surface area (TPSA) is 12.0 Å². The molecule has 112 valence electrons. The zero-order valence-electron chi connectivity index (χ0n) is 13.1. The van der Waals surface area contributed by atoms with Gasteiger partial charge in [-0.25, -0.2) is 4.39 Å². The fraction of sp³-hybridized carbons (Fsp3) is 0.368. The van der Waals surface area contributed by atoms with Crippen LogP contribution in [0.3, 0.4) is 0 Å². The van der Waals surface area contributed by atoms with E-state index >= 15 is 0 Å². The van der Waals surface area contributed by atoms with Gasteiger partial charge in [0, 0.05) is 11.6 Å². The molecule has 0 spiro atoms. The summed E-state index contributed by atoms with van der Waals surface area (Å²) in [5.74, 6) is -0.124. The molecular formula is C19H24FN. The van der Waals surface area contributed by atoms with Crippen molar-refractivity contribution in [2.45, 2.75) is 39.7 Å². The van der Waals surface area contributed by atoms with Gasteiger partial charge in [0.1, 0.15) is 5.82 Å². The molecule has 0 aliphatic carbocycles. The first-order valence-corrected chi connectivity index (χ1v) is 7.65. The van der Waals surface area contributed by atoms with E-state index in [-0.39, 0.29) is 11.9 Å². The summed E-state index contributed by atoms with van der Waals surface area (Å²) < 4.78 is 14.2. The molecule has 2 heteroatoms. The van der Waals surface area contributed by atoms with Crippen molar-refractivity contribution in [3.8, 4) is 0 Å². The van der Waals surface area contributed by atoms with E-state index in [1.165, 1.54) is 11.1 Å². The van der Waals surface area contributed by atoms with Gasteiger partial charge in [0.05, 0.1) is 0 Å². The van der Waals surface area contributed by atoms with Crippen LogP contribution in [0.2, 0.25) is 0 Å². The Morgan fingerprint density at radius 2 is 1.67 bits per heavy atom. The molecule has 0 aliphatic heterocycles. The first-order chi connectivity index (χ1) is 10.1. The van der Waals surface area contributed by atoms with Gasteiger partial charge in [0.25, 0.3) is 0 Å². The van der Waals surface area contributed by atoms with Crippen molar-refractivity contribution < 1.29 is 4.39 Å². The van der Waals surface area contributed by atoms with Crippen molar-refractivity contribution in [3.63, 3.8) is 0 Å². The van der Waals surface area contributed by atoms with Gasteiger partial charge in [-0.2, -0.15) is 0 Å². The Balaban J connectivity index is 2.25. The summed E-state index contributed by atoms with van der Waals surface area (Å²) in [6.45, 7) is 7.11. The van der Waals surface area contributed by atoms with Crippen LogP contribution in [-0.4, -0.2) is 6.54 Å². The lowest BCUT2D eigenvalue weighted by Crippen LogP contribution is -2.25. The van der Waals surface area contributed by atoms with Gasteiger partial charge >= 0.3 is 0 Å². The van der Waals surface area contributed by atoms with Crippen LogP contribution in [0.1, 0.15) is 41.6 Å². The van der Waals surface area contributed by atoms with Gasteiger partial charge in [-0.1, -0.05) is 54.4 Å². The normalized spacial score (nSPS) is 12.4. The number of halogens is 1. The Hall–Kier alpha value is -1.67. The molecule has 1 N–H and O–H groups in total. The fourth-order valence-corrected chi connectivity index (χ4v) is 2.50. The molecule has 1 nitrogen and oxygen atoms in total. The second kappa shape index (κ2) is 7.37. The summed E-state index contributed by atoms with van der Waals surface area (Å²) in [7, 11) is 0. The second-order valence-corrected chi connectivity index (χ2v) is 5.72. The van der Waals surface area contributed by atoms with E-state index in [1.807, 2.05) is 19.1 Å². The van der Waals surface area contributed by atoms with Crippen LogP contribution < -0.4 is 5.32 Å². The van der Waals surface area contributed by atoms with Crippen LogP contribution in [-0.2, 0) is 6.42 Å². The SMILES string of the molecule is CCCNC(Cc1ccc(C)cc1)c1cc(C)ccc1F. The highest BCUT2D eigenvalue weighted by molar-refractivity contribution is 5.30. The molecule has 0 saturated carbocycles. The largest absolute Gasteiger partial charge is 0.310 e. The maximum atomic E-state index is 14.2. The van der Waals surface area contributed by atoms with Gasteiger partial charge in [-0.3, -0.25) is 0 Å². The van der Waals surface area contributed by atoms with Crippen molar-refractivity contribution >= 4 is 0 Å². The Bertz CT molecular complexity index is 575. The van der Waals surface area contributed by atoms with Crippen LogP contribution in [0.15, 0.2) is 42.5 Å². The summed E-state index contributed by atoms with van der Waals surface area (Å²) in [6, 6.07) is 13.8. The summed E-state index contributed by atoms with van der Waals surface area (Å²) in [4.78, 5) is 0. The first kappa shape index (κ1) is 15.7. The minimum absolute atomic E-state index is 0.0209. The fourth-order valence-electron chi connectivity index (χ4n) is 2.50. The van der Waals surface area contributed by atoms with Gasteiger partial charge in [-0.05, 0) is 44.9 Å². The molecule has 0 fully saturated rings.